The van der Waals surface area contributed by atoms with E-state index in [4.69, 9.17) is 27.9 Å². The van der Waals surface area contributed by atoms with Crippen LogP contribution in [0, 0.1) is 34.6 Å². The number of hydrogen-bond donors (Lipinski definition) is 1. The van der Waals surface area contributed by atoms with E-state index in [-0.39, 0.29) is 11.6 Å². The van der Waals surface area contributed by atoms with E-state index in [2.05, 4.69) is 14.5 Å². The van der Waals surface area contributed by atoms with Gasteiger partial charge >= 0.3 is 5.97 Å². The number of ether oxygens (including phenoxy) is 1. The number of carbonyl (C=O) groups is 2. The molecule has 0 saturated carbocycles. The summed E-state index contributed by atoms with van der Waals surface area (Å²) >= 11 is 13.4. The molecule has 3 aromatic carbocycles. The maximum absolute atomic E-state index is 15.1. The zero-order valence-electron chi connectivity index (χ0n) is 29.5. The van der Waals surface area contributed by atoms with Crippen molar-refractivity contribution in [1.29, 1.82) is 0 Å². The van der Waals surface area contributed by atoms with Crippen LogP contribution in [0.15, 0.2) is 48.8 Å². The highest BCUT2D eigenvalue weighted by atomic mass is 35.5. The number of amides is 1. The summed E-state index contributed by atoms with van der Waals surface area (Å²) in [5.74, 6) is -0.408. The molecule has 7 rings (SSSR count). The minimum Gasteiger partial charge on any atom is -0.494 e. The Balaban J connectivity index is 1.39. The van der Waals surface area contributed by atoms with Gasteiger partial charge in [0, 0.05) is 58.4 Å². The number of rotatable bonds is 8. The lowest BCUT2D eigenvalue weighted by Gasteiger charge is -2.23. The number of aromatic nitrogens is 4. The molecule has 0 unspecified atom stereocenters. The van der Waals surface area contributed by atoms with E-state index >= 15 is 4.79 Å². The van der Waals surface area contributed by atoms with Crippen molar-refractivity contribution < 1.29 is 19.4 Å². The van der Waals surface area contributed by atoms with Gasteiger partial charge in [0.25, 0.3) is 5.91 Å². The highest BCUT2D eigenvalue weighted by Gasteiger charge is 2.33. The second kappa shape index (κ2) is 13.4. The van der Waals surface area contributed by atoms with E-state index in [9.17, 15) is 9.90 Å². The van der Waals surface area contributed by atoms with Crippen LogP contribution in [-0.2, 0) is 20.0 Å². The van der Waals surface area contributed by atoms with Gasteiger partial charge in [0.15, 0.2) is 0 Å². The highest BCUT2D eigenvalue weighted by Crippen LogP contribution is 2.43. The van der Waals surface area contributed by atoms with Gasteiger partial charge in [0.1, 0.15) is 23.5 Å². The number of carboxylic acids is 1. The van der Waals surface area contributed by atoms with Crippen molar-refractivity contribution in [1.82, 2.24) is 19.1 Å². The van der Waals surface area contributed by atoms with E-state index < -0.39 is 5.97 Å². The standard InChI is InChI=1S/C40H39Cl2N5O4/c1-21-15-26-19-32(40(49)50)45(6)36(26)31(16-21)46-12-8-13-47-37-29(10-11-30(41)34(37)33-24(4)43-20-44-25(33)5)28(38(47)39(46)48)9-7-14-51-27-17-22(2)35(42)23(3)18-27/h10-11,15-20H,7-9,12-14H2,1-6H3,(H,49,50). The first-order valence-corrected chi connectivity index (χ1v) is 17.8. The van der Waals surface area contributed by atoms with Crippen LogP contribution in [0.2, 0.25) is 10.0 Å². The summed E-state index contributed by atoms with van der Waals surface area (Å²) in [5, 5.41) is 13.0. The Morgan fingerprint density at radius 1 is 0.922 bits per heavy atom. The first-order valence-electron chi connectivity index (χ1n) is 17.0. The molecule has 262 valence electrons. The third-order valence-corrected chi connectivity index (χ3v) is 10.9. The predicted octanol–water partition coefficient (Wildman–Crippen LogP) is 9.20. The van der Waals surface area contributed by atoms with Crippen LogP contribution >= 0.6 is 23.2 Å². The lowest BCUT2D eigenvalue weighted by atomic mass is 9.97. The summed E-state index contributed by atoms with van der Waals surface area (Å²) in [6.45, 7) is 11.3. The molecule has 6 aromatic rings. The Bertz CT molecular complexity index is 2370. The van der Waals surface area contributed by atoms with Crippen molar-refractivity contribution in [3.63, 3.8) is 0 Å². The molecule has 11 heteroatoms. The Labute approximate surface area is 306 Å². The minimum absolute atomic E-state index is 0.145. The van der Waals surface area contributed by atoms with Gasteiger partial charge in [-0.05, 0) is 113 Å². The summed E-state index contributed by atoms with van der Waals surface area (Å²) in [7, 11) is 1.74. The molecule has 9 nitrogen and oxygen atoms in total. The van der Waals surface area contributed by atoms with Crippen molar-refractivity contribution in [2.45, 2.75) is 60.4 Å². The third kappa shape index (κ3) is 5.92. The van der Waals surface area contributed by atoms with Crippen molar-refractivity contribution in [3.8, 4) is 16.9 Å². The van der Waals surface area contributed by atoms with Crippen LogP contribution in [0.4, 0.5) is 5.69 Å². The molecule has 1 amide bonds. The zero-order valence-corrected chi connectivity index (χ0v) is 31.0. The number of carboxylic acid groups (broad SMARTS) is 1. The Kier molecular flexibility index (Phi) is 9.06. The molecule has 4 heterocycles. The number of hydrogen-bond acceptors (Lipinski definition) is 5. The molecular weight excluding hydrogens is 685 g/mol. The molecule has 51 heavy (non-hydrogen) atoms. The molecule has 0 atom stereocenters. The number of halogens is 2. The molecule has 1 N–H and O–H groups in total. The van der Waals surface area contributed by atoms with Gasteiger partial charge in [0.2, 0.25) is 0 Å². The smallest absolute Gasteiger partial charge is 0.352 e. The van der Waals surface area contributed by atoms with Crippen LogP contribution in [0.25, 0.3) is 32.9 Å². The summed E-state index contributed by atoms with van der Waals surface area (Å²) in [6, 6.07) is 13.4. The number of aryl methyl sites for hydroxylation is 8. The van der Waals surface area contributed by atoms with Crippen molar-refractivity contribution in [3.05, 3.63) is 104 Å². The fourth-order valence-electron chi connectivity index (χ4n) is 7.72. The number of anilines is 1. The molecule has 0 aliphatic carbocycles. The summed E-state index contributed by atoms with van der Waals surface area (Å²) < 4.78 is 10.0. The first kappa shape index (κ1) is 34.6. The van der Waals surface area contributed by atoms with Gasteiger partial charge < -0.3 is 23.9 Å². The van der Waals surface area contributed by atoms with Gasteiger partial charge in [-0.15, -0.1) is 0 Å². The summed E-state index contributed by atoms with van der Waals surface area (Å²) in [4.78, 5) is 38.1. The van der Waals surface area contributed by atoms with Crippen LogP contribution in [0.5, 0.6) is 5.75 Å². The van der Waals surface area contributed by atoms with Gasteiger partial charge in [-0.2, -0.15) is 0 Å². The van der Waals surface area contributed by atoms with Crippen molar-refractivity contribution >= 4 is 62.6 Å². The lowest BCUT2D eigenvalue weighted by molar-refractivity contribution is 0.0687. The molecule has 0 fully saturated rings. The first-order chi connectivity index (χ1) is 24.4. The maximum Gasteiger partial charge on any atom is 0.352 e. The van der Waals surface area contributed by atoms with Crippen LogP contribution in [0.3, 0.4) is 0 Å². The number of carbonyl (C=O) groups excluding carboxylic acids is 1. The molecule has 1 aliphatic heterocycles. The molecule has 1 aliphatic rings. The largest absolute Gasteiger partial charge is 0.494 e. The van der Waals surface area contributed by atoms with Crippen LogP contribution < -0.4 is 9.64 Å². The Morgan fingerprint density at radius 3 is 2.31 bits per heavy atom. The van der Waals surface area contributed by atoms with Crippen LogP contribution in [-0.4, -0.2) is 49.2 Å². The summed E-state index contributed by atoms with van der Waals surface area (Å²) in [5.41, 5.74) is 10.1. The van der Waals surface area contributed by atoms with Crippen molar-refractivity contribution in [2.75, 3.05) is 18.1 Å². The van der Waals surface area contributed by atoms with Gasteiger partial charge in [-0.3, -0.25) is 4.79 Å². The number of fused-ring (bicyclic) bond motifs is 4. The molecule has 0 spiro atoms. The maximum atomic E-state index is 15.1. The van der Waals surface area contributed by atoms with E-state index in [1.807, 2.05) is 75.9 Å². The topological polar surface area (TPSA) is 102 Å². The number of aromatic carboxylic acids is 1. The Morgan fingerprint density at radius 2 is 1.63 bits per heavy atom. The van der Waals surface area contributed by atoms with E-state index in [0.717, 1.165) is 71.8 Å². The average Bonchev–Trinajstić information content (AvgIpc) is 3.51. The highest BCUT2D eigenvalue weighted by molar-refractivity contribution is 6.35. The average molecular weight is 725 g/mol. The number of nitrogens with zero attached hydrogens (tertiary/aromatic N) is 5. The van der Waals surface area contributed by atoms with Crippen molar-refractivity contribution in [2.24, 2.45) is 7.05 Å². The fraction of sp³-hybridized carbons (Fsp3) is 0.300. The van der Waals surface area contributed by atoms with E-state index in [1.54, 1.807) is 24.0 Å². The molecule has 3 aromatic heterocycles. The molecule has 0 radical (unpaired) electrons. The SMILES string of the molecule is Cc1cc(N2CCCn3c(c(CCCOc4cc(C)c(Cl)c(C)c4)c4ccc(Cl)c(-c5c(C)ncnc5C)c43)C2=O)c2c(c1)cc(C(=O)O)n2C. The third-order valence-electron chi connectivity index (χ3n) is 9.98. The Hall–Kier alpha value is -4.86. The quantitative estimate of drug-likeness (QED) is 0.157. The van der Waals surface area contributed by atoms with Crippen LogP contribution in [0.1, 0.15) is 67.5 Å². The monoisotopic (exact) mass is 723 g/mol. The molecule has 0 bridgehead atoms. The predicted molar refractivity (Wildman–Crippen MR) is 203 cm³/mol. The normalized spacial score (nSPS) is 13.3. The van der Waals surface area contributed by atoms with Gasteiger partial charge in [-0.1, -0.05) is 29.3 Å². The van der Waals surface area contributed by atoms with Gasteiger partial charge in [-0.25, -0.2) is 14.8 Å². The van der Waals surface area contributed by atoms with Gasteiger partial charge in [0.05, 0.1) is 28.4 Å². The number of benzene rings is 3. The zero-order chi connectivity index (χ0) is 36.3. The van der Waals surface area contributed by atoms with E-state index in [1.165, 1.54) is 0 Å². The van der Waals surface area contributed by atoms with E-state index in [0.29, 0.717) is 60.9 Å². The molecular formula is C40H39Cl2N5O4. The second-order valence-corrected chi connectivity index (χ2v) is 14.3. The minimum atomic E-state index is -1.02. The molecule has 0 saturated heterocycles. The lowest BCUT2D eigenvalue weighted by Crippen LogP contribution is -2.32. The second-order valence-electron chi connectivity index (χ2n) is 13.5. The fourth-order valence-corrected chi connectivity index (χ4v) is 8.08. The summed E-state index contributed by atoms with van der Waals surface area (Å²) in [6.07, 6.45) is 3.45.